The van der Waals surface area contributed by atoms with Crippen molar-refractivity contribution < 1.29 is 0 Å². The Labute approximate surface area is 233 Å². The minimum atomic E-state index is -0.528. The fraction of sp³-hybridized carbons (Fsp3) is 0.0541. The van der Waals surface area contributed by atoms with E-state index < -0.39 is 5.41 Å². The number of pyridine rings is 1. The van der Waals surface area contributed by atoms with Gasteiger partial charge in [-0.3, -0.25) is 4.98 Å². The van der Waals surface area contributed by atoms with Crippen LogP contribution < -0.4 is 0 Å². The van der Waals surface area contributed by atoms with Crippen LogP contribution in [-0.2, 0) is 5.41 Å². The van der Waals surface area contributed by atoms with E-state index in [1.807, 2.05) is 29.7 Å². The number of thiophene rings is 1. The van der Waals surface area contributed by atoms with Gasteiger partial charge in [0.2, 0.25) is 0 Å². The number of rotatable bonds is 5. The van der Waals surface area contributed by atoms with Gasteiger partial charge in [0.15, 0.2) is 0 Å². The van der Waals surface area contributed by atoms with Crippen molar-refractivity contribution in [3.63, 3.8) is 0 Å². The number of hydrogen-bond acceptors (Lipinski definition) is 2. The lowest BCUT2D eigenvalue weighted by atomic mass is 9.68. The van der Waals surface area contributed by atoms with Crippen LogP contribution in [0.2, 0.25) is 0 Å². The first-order valence-electron chi connectivity index (χ1n) is 13.3. The summed E-state index contributed by atoms with van der Waals surface area (Å²) in [6.45, 7) is 6.37. The Hall–Kier alpha value is -4.53. The number of nitrogens with zero attached hydrogens (tertiary/aromatic N) is 1. The van der Waals surface area contributed by atoms with Gasteiger partial charge in [0, 0.05) is 26.4 Å². The number of benzene rings is 4. The first kappa shape index (κ1) is 23.6. The third-order valence-corrected chi connectivity index (χ3v) is 9.06. The van der Waals surface area contributed by atoms with Crippen LogP contribution in [0, 0.1) is 0 Å². The molecule has 1 aliphatic rings. The van der Waals surface area contributed by atoms with Gasteiger partial charge in [0.25, 0.3) is 0 Å². The molecule has 0 spiro atoms. The highest BCUT2D eigenvalue weighted by Gasteiger charge is 2.47. The van der Waals surface area contributed by atoms with E-state index in [2.05, 4.69) is 129 Å². The van der Waals surface area contributed by atoms with Crippen molar-refractivity contribution in [3.05, 3.63) is 168 Å². The van der Waals surface area contributed by atoms with Gasteiger partial charge in [-0.2, -0.15) is 0 Å². The summed E-state index contributed by atoms with van der Waals surface area (Å²) in [5.41, 5.74) is 8.92. The molecule has 2 heterocycles. The molecule has 1 unspecified atom stereocenters. The highest BCUT2D eigenvalue weighted by Crippen LogP contribution is 2.55. The molecule has 6 aromatic rings. The van der Waals surface area contributed by atoms with E-state index in [-0.39, 0.29) is 0 Å². The van der Waals surface area contributed by atoms with Crippen molar-refractivity contribution in [1.82, 2.24) is 4.98 Å². The van der Waals surface area contributed by atoms with Crippen LogP contribution in [0.25, 0.3) is 36.9 Å². The highest BCUT2D eigenvalue weighted by atomic mass is 32.1. The van der Waals surface area contributed by atoms with Gasteiger partial charge in [-0.25, -0.2) is 0 Å². The quantitative estimate of drug-likeness (QED) is 0.222. The van der Waals surface area contributed by atoms with Gasteiger partial charge in [0.05, 0.1) is 11.1 Å². The Morgan fingerprint density at radius 3 is 2.28 bits per heavy atom. The van der Waals surface area contributed by atoms with E-state index in [1.165, 1.54) is 53.6 Å². The maximum Gasteiger partial charge on any atom is 0.0885 e. The zero-order valence-electron chi connectivity index (χ0n) is 21.8. The van der Waals surface area contributed by atoms with E-state index in [9.17, 15) is 0 Å². The molecule has 0 bridgehead atoms. The van der Waals surface area contributed by atoms with Crippen LogP contribution in [0.4, 0.5) is 0 Å². The maximum atomic E-state index is 4.95. The standard InChI is InChI=1S/C37H27NS/c1-3-12-32-28(4-2)30-23-25(26-19-21-35-31(24-26)29-15-8-9-16-34(29)39-35)18-20-33(30)37(32,27-13-6-5-7-14-27)36-17-10-11-22-38-36/h3-24H,2H2,1H3/b12-3-. The summed E-state index contributed by atoms with van der Waals surface area (Å²) in [5.74, 6) is 0. The van der Waals surface area contributed by atoms with Crippen LogP contribution in [0.3, 0.4) is 0 Å². The molecule has 2 heteroatoms. The monoisotopic (exact) mass is 517 g/mol. The number of fused-ring (bicyclic) bond motifs is 4. The molecule has 0 N–H and O–H groups in total. The molecule has 186 valence electrons. The van der Waals surface area contributed by atoms with Crippen molar-refractivity contribution >= 4 is 37.1 Å². The van der Waals surface area contributed by atoms with E-state index in [1.54, 1.807) is 0 Å². The topological polar surface area (TPSA) is 12.9 Å². The highest BCUT2D eigenvalue weighted by molar-refractivity contribution is 7.25. The van der Waals surface area contributed by atoms with Gasteiger partial charge < -0.3 is 0 Å². The van der Waals surface area contributed by atoms with Gasteiger partial charge in [-0.1, -0.05) is 97.6 Å². The molecular formula is C37H27NS. The Bertz CT molecular complexity index is 1880. The average Bonchev–Trinajstić information content (AvgIpc) is 3.50. The number of aromatic nitrogens is 1. The Kier molecular flexibility index (Phi) is 5.65. The zero-order valence-corrected chi connectivity index (χ0v) is 22.6. The molecule has 0 aliphatic heterocycles. The zero-order chi connectivity index (χ0) is 26.4. The lowest BCUT2D eigenvalue weighted by molar-refractivity contribution is 0.728. The van der Waals surface area contributed by atoms with Crippen LogP contribution in [0.15, 0.2) is 146 Å². The first-order chi connectivity index (χ1) is 19.3. The van der Waals surface area contributed by atoms with Crippen molar-refractivity contribution in [2.24, 2.45) is 0 Å². The number of allylic oxidation sites excluding steroid dienone is 5. The largest absolute Gasteiger partial charge is 0.260 e. The molecule has 0 amide bonds. The molecule has 1 atom stereocenters. The summed E-state index contributed by atoms with van der Waals surface area (Å²) in [4.78, 5) is 4.95. The van der Waals surface area contributed by atoms with Crippen molar-refractivity contribution in [3.8, 4) is 11.1 Å². The molecule has 1 nitrogen and oxygen atoms in total. The number of hydrogen-bond donors (Lipinski definition) is 0. The Balaban J connectivity index is 1.51. The SMILES string of the molecule is C=CC1=C(/C=C\C)C(c2ccccc2)(c2ccccn2)c2ccc(-c3ccc4sc5ccccc5c4c3)cc21. The van der Waals surface area contributed by atoms with Crippen molar-refractivity contribution in [1.29, 1.82) is 0 Å². The third-order valence-electron chi connectivity index (χ3n) is 7.91. The summed E-state index contributed by atoms with van der Waals surface area (Å²) in [6.07, 6.45) is 8.28. The molecule has 0 saturated heterocycles. The van der Waals surface area contributed by atoms with E-state index in [0.717, 1.165) is 11.3 Å². The summed E-state index contributed by atoms with van der Waals surface area (Å²) in [7, 11) is 0. The lowest BCUT2D eigenvalue weighted by Gasteiger charge is -2.33. The molecule has 0 radical (unpaired) electrons. The van der Waals surface area contributed by atoms with Crippen LogP contribution >= 0.6 is 11.3 Å². The molecule has 2 aromatic heterocycles. The fourth-order valence-electron chi connectivity index (χ4n) is 6.28. The van der Waals surface area contributed by atoms with E-state index in [0.29, 0.717) is 0 Å². The predicted molar refractivity (Wildman–Crippen MR) is 167 cm³/mol. The van der Waals surface area contributed by atoms with Gasteiger partial charge in [-0.15, -0.1) is 11.3 Å². The molecule has 4 aromatic carbocycles. The minimum Gasteiger partial charge on any atom is -0.260 e. The Morgan fingerprint density at radius 1 is 0.744 bits per heavy atom. The molecule has 0 fully saturated rings. The molecule has 39 heavy (non-hydrogen) atoms. The summed E-state index contributed by atoms with van der Waals surface area (Å²) in [6, 6.07) is 39.4. The van der Waals surface area contributed by atoms with Crippen LogP contribution in [-0.4, -0.2) is 4.98 Å². The minimum absolute atomic E-state index is 0.528. The van der Waals surface area contributed by atoms with Gasteiger partial charge >= 0.3 is 0 Å². The summed E-state index contributed by atoms with van der Waals surface area (Å²) >= 11 is 1.86. The van der Waals surface area contributed by atoms with Gasteiger partial charge in [-0.05, 0) is 82.3 Å². The molecular weight excluding hydrogens is 490 g/mol. The second kappa shape index (κ2) is 9.34. The predicted octanol–water partition coefficient (Wildman–Crippen LogP) is 9.98. The molecule has 0 saturated carbocycles. The van der Waals surface area contributed by atoms with E-state index in [4.69, 9.17) is 4.98 Å². The third kappa shape index (κ3) is 3.49. The summed E-state index contributed by atoms with van der Waals surface area (Å²) in [5, 5.41) is 2.63. The second-order valence-electron chi connectivity index (χ2n) is 9.93. The second-order valence-corrected chi connectivity index (χ2v) is 11.0. The smallest absolute Gasteiger partial charge is 0.0885 e. The first-order valence-corrected chi connectivity index (χ1v) is 14.1. The normalized spacial score (nSPS) is 16.8. The van der Waals surface area contributed by atoms with Crippen molar-refractivity contribution in [2.75, 3.05) is 0 Å². The van der Waals surface area contributed by atoms with Crippen molar-refractivity contribution in [2.45, 2.75) is 12.3 Å². The average molecular weight is 518 g/mol. The van der Waals surface area contributed by atoms with Gasteiger partial charge in [0.1, 0.15) is 0 Å². The summed E-state index contributed by atoms with van der Waals surface area (Å²) < 4.78 is 2.65. The van der Waals surface area contributed by atoms with Crippen LogP contribution in [0.1, 0.15) is 29.3 Å². The maximum absolute atomic E-state index is 4.95. The Morgan fingerprint density at radius 2 is 1.49 bits per heavy atom. The molecule has 1 aliphatic carbocycles. The van der Waals surface area contributed by atoms with Crippen LogP contribution in [0.5, 0.6) is 0 Å². The lowest BCUT2D eigenvalue weighted by Crippen LogP contribution is -2.30. The fourth-order valence-corrected chi connectivity index (χ4v) is 7.37. The molecule has 7 rings (SSSR count). The van der Waals surface area contributed by atoms with E-state index >= 15 is 0 Å².